The highest BCUT2D eigenvalue weighted by Gasteiger charge is 2.29. The monoisotopic (exact) mass is 390 g/mol. The lowest BCUT2D eigenvalue weighted by molar-refractivity contribution is -0.132. The second-order valence-corrected chi connectivity index (χ2v) is 7.03. The number of aromatic nitrogens is 2. The Morgan fingerprint density at radius 3 is 2.50 bits per heavy atom. The molecule has 0 aliphatic carbocycles. The van der Waals surface area contributed by atoms with Crippen LogP contribution in [-0.2, 0) is 11.3 Å². The number of carbonyl (C=O) groups excluding carboxylic acids is 2. The zero-order valence-corrected chi connectivity index (χ0v) is 16.1. The number of nitrogens with zero attached hydrogens (tertiary/aromatic N) is 4. The number of halogens is 2. The minimum atomic E-state index is -1.03. The molecular weight excluding hydrogens is 366 g/mol. The molecule has 28 heavy (non-hydrogen) atoms. The zero-order chi connectivity index (χ0) is 20.3. The Hall–Kier alpha value is -2.77. The first-order chi connectivity index (χ1) is 13.4. The number of likely N-dealkylation sites (tertiary alicyclic amines) is 1. The Morgan fingerprint density at radius 2 is 1.93 bits per heavy atom. The van der Waals surface area contributed by atoms with Crippen molar-refractivity contribution in [2.24, 2.45) is 0 Å². The van der Waals surface area contributed by atoms with Crippen LogP contribution in [0, 0.1) is 18.6 Å². The fraction of sp³-hybridized carbons (Fsp3) is 0.450. The molecule has 150 valence electrons. The largest absolute Gasteiger partial charge is 0.338 e. The zero-order valence-electron chi connectivity index (χ0n) is 16.1. The van der Waals surface area contributed by atoms with E-state index in [0.717, 1.165) is 18.0 Å². The van der Waals surface area contributed by atoms with Gasteiger partial charge in [0.25, 0.3) is 5.91 Å². The van der Waals surface area contributed by atoms with Crippen molar-refractivity contribution in [2.75, 3.05) is 19.6 Å². The average molecular weight is 390 g/mol. The maximum Gasteiger partial charge on any atom is 0.253 e. The molecule has 1 fully saturated rings. The number of piperidine rings is 1. The number of benzene rings is 1. The van der Waals surface area contributed by atoms with Crippen LogP contribution in [0.15, 0.2) is 30.6 Å². The van der Waals surface area contributed by atoms with E-state index in [0.29, 0.717) is 39.0 Å². The Kier molecular flexibility index (Phi) is 6.06. The number of aryl methyl sites for hydroxylation is 1. The minimum absolute atomic E-state index is 0.00292. The summed E-state index contributed by atoms with van der Waals surface area (Å²) in [4.78, 5) is 32.3. The summed E-state index contributed by atoms with van der Waals surface area (Å²) in [5, 5.41) is 0. The van der Waals surface area contributed by atoms with Crippen molar-refractivity contribution >= 4 is 11.8 Å². The van der Waals surface area contributed by atoms with Crippen LogP contribution >= 0.6 is 0 Å². The summed E-state index contributed by atoms with van der Waals surface area (Å²) in [6.45, 7) is 5.65. The lowest BCUT2D eigenvalue weighted by Gasteiger charge is -2.38. The van der Waals surface area contributed by atoms with Crippen LogP contribution in [0.1, 0.15) is 35.9 Å². The van der Waals surface area contributed by atoms with Gasteiger partial charge >= 0.3 is 0 Å². The van der Waals surface area contributed by atoms with Crippen molar-refractivity contribution in [1.82, 2.24) is 19.4 Å². The first-order valence-electron chi connectivity index (χ1n) is 9.36. The predicted molar refractivity (Wildman–Crippen MR) is 99.6 cm³/mol. The number of imidazole rings is 1. The first-order valence-corrected chi connectivity index (χ1v) is 9.36. The molecular formula is C20H24F2N4O2. The number of amides is 2. The van der Waals surface area contributed by atoms with Gasteiger partial charge < -0.3 is 14.4 Å². The van der Waals surface area contributed by atoms with Crippen molar-refractivity contribution in [3.63, 3.8) is 0 Å². The lowest BCUT2D eigenvalue weighted by atomic mass is 10.0. The summed E-state index contributed by atoms with van der Waals surface area (Å²) in [5.74, 6) is -1.42. The van der Waals surface area contributed by atoms with Crippen LogP contribution in [0.2, 0.25) is 0 Å². The molecule has 0 radical (unpaired) electrons. The van der Waals surface area contributed by atoms with Gasteiger partial charge in [0, 0.05) is 57.1 Å². The molecule has 1 aromatic carbocycles. The number of rotatable bonds is 5. The van der Waals surface area contributed by atoms with E-state index < -0.39 is 11.6 Å². The van der Waals surface area contributed by atoms with Crippen molar-refractivity contribution in [1.29, 1.82) is 0 Å². The third-order valence-electron chi connectivity index (χ3n) is 5.27. The van der Waals surface area contributed by atoms with E-state index >= 15 is 0 Å². The standard InChI is InChI=1S/C20H24F2N4O2/c1-14-23-7-10-24(14)11-12-26(15(2)27)17-5-8-25(9-6-17)20(28)16-3-4-18(21)19(22)13-16/h3-4,7,10,13,17H,5-6,8-9,11-12H2,1-2H3. The summed E-state index contributed by atoms with van der Waals surface area (Å²) in [5.41, 5.74) is 0.136. The Bertz CT molecular complexity index is 860. The van der Waals surface area contributed by atoms with Gasteiger partial charge in [-0.1, -0.05) is 0 Å². The molecule has 1 saturated heterocycles. The highest BCUT2D eigenvalue weighted by molar-refractivity contribution is 5.94. The topological polar surface area (TPSA) is 58.4 Å². The lowest BCUT2D eigenvalue weighted by Crippen LogP contribution is -2.49. The highest BCUT2D eigenvalue weighted by Crippen LogP contribution is 2.20. The number of hydrogen-bond acceptors (Lipinski definition) is 3. The van der Waals surface area contributed by atoms with Crippen molar-refractivity contribution in [3.8, 4) is 0 Å². The summed E-state index contributed by atoms with van der Waals surface area (Å²) < 4.78 is 28.5. The van der Waals surface area contributed by atoms with Gasteiger partial charge in [0.1, 0.15) is 5.82 Å². The van der Waals surface area contributed by atoms with Crippen LogP contribution in [0.4, 0.5) is 8.78 Å². The smallest absolute Gasteiger partial charge is 0.253 e. The molecule has 0 bridgehead atoms. The van der Waals surface area contributed by atoms with E-state index in [4.69, 9.17) is 0 Å². The second kappa shape index (κ2) is 8.50. The average Bonchev–Trinajstić information content (AvgIpc) is 3.09. The molecule has 8 heteroatoms. The highest BCUT2D eigenvalue weighted by atomic mass is 19.2. The van der Waals surface area contributed by atoms with E-state index in [2.05, 4.69) is 4.98 Å². The summed E-state index contributed by atoms with van der Waals surface area (Å²) >= 11 is 0. The summed E-state index contributed by atoms with van der Waals surface area (Å²) in [6.07, 6.45) is 4.92. The third-order valence-corrected chi connectivity index (χ3v) is 5.27. The normalized spacial score (nSPS) is 14.9. The number of hydrogen-bond donors (Lipinski definition) is 0. The third kappa shape index (κ3) is 4.37. The van der Waals surface area contributed by atoms with Crippen LogP contribution < -0.4 is 0 Å². The van der Waals surface area contributed by atoms with Gasteiger partial charge in [0.15, 0.2) is 11.6 Å². The van der Waals surface area contributed by atoms with E-state index in [9.17, 15) is 18.4 Å². The molecule has 1 aromatic heterocycles. The molecule has 3 rings (SSSR count). The van der Waals surface area contributed by atoms with Crippen molar-refractivity contribution in [3.05, 3.63) is 53.6 Å². The van der Waals surface area contributed by atoms with Gasteiger partial charge in [-0.2, -0.15) is 0 Å². The molecule has 1 aliphatic rings. The van der Waals surface area contributed by atoms with Gasteiger partial charge in [-0.3, -0.25) is 9.59 Å². The first kappa shape index (κ1) is 20.0. The summed E-state index contributed by atoms with van der Waals surface area (Å²) in [7, 11) is 0. The van der Waals surface area contributed by atoms with Gasteiger partial charge in [-0.15, -0.1) is 0 Å². The molecule has 2 heterocycles. The van der Waals surface area contributed by atoms with Crippen LogP contribution in [0.5, 0.6) is 0 Å². The van der Waals surface area contributed by atoms with Crippen LogP contribution in [0.3, 0.4) is 0 Å². The Labute approximate surface area is 162 Å². The second-order valence-electron chi connectivity index (χ2n) is 7.03. The molecule has 1 aliphatic heterocycles. The van der Waals surface area contributed by atoms with E-state index in [1.54, 1.807) is 18.0 Å². The van der Waals surface area contributed by atoms with Crippen molar-refractivity contribution in [2.45, 2.75) is 39.3 Å². The van der Waals surface area contributed by atoms with E-state index in [1.165, 1.54) is 6.07 Å². The van der Waals surface area contributed by atoms with Gasteiger partial charge in [0.2, 0.25) is 5.91 Å². The van der Waals surface area contributed by atoms with Gasteiger partial charge in [0.05, 0.1) is 0 Å². The molecule has 0 saturated carbocycles. The predicted octanol–water partition coefficient (Wildman–Crippen LogP) is 2.62. The maximum absolute atomic E-state index is 13.4. The SMILES string of the molecule is CC(=O)N(CCn1ccnc1C)C1CCN(C(=O)c2ccc(F)c(F)c2)CC1. The Morgan fingerprint density at radius 1 is 1.21 bits per heavy atom. The fourth-order valence-corrected chi connectivity index (χ4v) is 3.65. The maximum atomic E-state index is 13.4. The Balaban J connectivity index is 1.59. The van der Waals surface area contributed by atoms with Gasteiger partial charge in [-0.25, -0.2) is 13.8 Å². The van der Waals surface area contributed by atoms with E-state index in [1.807, 2.05) is 22.6 Å². The fourth-order valence-electron chi connectivity index (χ4n) is 3.65. The quantitative estimate of drug-likeness (QED) is 0.789. The minimum Gasteiger partial charge on any atom is -0.338 e. The molecule has 0 N–H and O–H groups in total. The van der Waals surface area contributed by atoms with E-state index in [-0.39, 0.29) is 23.4 Å². The molecule has 0 atom stereocenters. The van der Waals surface area contributed by atoms with Crippen LogP contribution in [0.25, 0.3) is 0 Å². The van der Waals surface area contributed by atoms with Gasteiger partial charge in [-0.05, 0) is 38.0 Å². The van der Waals surface area contributed by atoms with Crippen molar-refractivity contribution < 1.29 is 18.4 Å². The molecule has 0 spiro atoms. The molecule has 2 aromatic rings. The summed E-state index contributed by atoms with van der Waals surface area (Å²) in [6, 6.07) is 3.24. The molecule has 6 nitrogen and oxygen atoms in total. The van der Waals surface area contributed by atoms with Crippen LogP contribution in [-0.4, -0.2) is 56.8 Å². The molecule has 2 amide bonds. The number of carbonyl (C=O) groups is 2. The molecule has 0 unspecified atom stereocenters.